The van der Waals surface area contributed by atoms with Crippen molar-refractivity contribution < 1.29 is 28.4 Å². The molecule has 0 aliphatic rings. The molecule has 0 N–H and O–H groups in total. The van der Waals surface area contributed by atoms with Crippen molar-refractivity contribution in [3.8, 4) is 0 Å². The van der Waals surface area contributed by atoms with Crippen LogP contribution in [0.1, 0.15) is 157 Å². The van der Waals surface area contributed by atoms with Crippen LogP contribution in [0.15, 0.2) is 0 Å². The van der Waals surface area contributed by atoms with Gasteiger partial charge in [-0.3, -0.25) is 0 Å². The molecule has 0 rings (SSSR count). The smallest absolute Gasteiger partial charge is 0.283 e. The van der Waals surface area contributed by atoms with E-state index in [0.717, 1.165) is 24.3 Å². The Labute approximate surface area is 315 Å². The molecule has 0 saturated carbocycles. The molecule has 0 amide bonds. The number of ether oxygens (including phenoxy) is 6. The molecule has 0 unspecified atom stereocenters. The Bertz CT molecular complexity index is 548. The highest BCUT2D eigenvalue weighted by molar-refractivity contribution is 8.76. The zero-order valence-electron chi connectivity index (χ0n) is 32.3. The van der Waals surface area contributed by atoms with E-state index in [1.54, 1.807) is 0 Å². The van der Waals surface area contributed by atoms with Crippen molar-refractivity contribution in [1.82, 2.24) is 0 Å². The number of rotatable bonds is 41. The second kappa shape index (κ2) is 37.9. The zero-order chi connectivity index (χ0) is 35.3. The lowest BCUT2D eigenvalue weighted by Crippen LogP contribution is -2.40. The Kier molecular flexibility index (Phi) is 38.8. The maximum absolute atomic E-state index is 5.82. The average Bonchev–Trinajstić information content (AvgIpc) is 3.07. The van der Waals surface area contributed by atoms with Gasteiger partial charge in [0.2, 0.25) is 0 Å². The summed E-state index contributed by atoms with van der Waals surface area (Å²) in [7, 11) is 4.21. The monoisotopic (exact) mass is 758 g/mol. The molecule has 0 aliphatic carbocycles. The summed E-state index contributed by atoms with van der Waals surface area (Å²) in [5.74, 6) is 5.42. The molecule has 0 aromatic carbocycles. The van der Waals surface area contributed by atoms with E-state index in [4.69, 9.17) is 28.4 Å². The van der Waals surface area contributed by atoms with Gasteiger partial charge in [-0.25, -0.2) is 0 Å². The summed E-state index contributed by atoms with van der Waals surface area (Å²) >= 11 is 4.00. The van der Waals surface area contributed by atoms with Crippen LogP contribution >= 0.6 is 45.1 Å². The van der Waals surface area contributed by atoms with Gasteiger partial charge in [0, 0.05) is 75.5 Å². The fraction of sp³-hybridized carbons (Fsp3) is 1.00. The highest BCUT2D eigenvalue weighted by Crippen LogP contribution is 2.26. The lowest BCUT2D eigenvalue weighted by molar-refractivity contribution is -0.377. The zero-order valence-corrected chi connectivity index (χ0v) is 35.6. The molecule has 48 heavy (non-hydrogen) atoms. The molecule has 0 aromatic heterocycles. The van der Waals surface area contributed by atoms with Crippen molar-refractivity contribution >= 4 is 45.1 Å². The minimum Gasteiger partial charge on any atom is -0.328 e. The third-order valence-electron chi connectivity index (χ3n) is 7.91. The molecule has 290 valence electrons. The van der Waals surface area contributed by atoms with Crippen LogP contribution < -0.4 is 0 Å². The Morgan fingerprint density at radius 3 is 0.771 bits per heavy atom. The number of hydrogen-bond donors (Lipinski definition) is 0. The van der Waals surface area contributed by atoms with Gasteiger partial charge in [0.05, 0.1) is 0 Å². The van der Waals surface area contributed by atoms with Crippen LogP contribution in [0, 0.1) is 0 Å². The van der Waals surface area contributed by atoms with Crippen LogP contribution in [-0.2, 0) is 28.4 Å². The molecule has 0 spiro atoms. The maximum Gasteiger partial charge on any atom is 0.283 e. The third kappa shape index (κ3) is 29.7. The molecule has 6 nitrogen and oxygen atoms in total. The molecule has 0 radical (unpaired) electrons. The number of thioether (sulfide) groups is 2. The van der Waals surface area contributed by atoms with Gasteiger partial charge < -0.3 is 28.4 Å². The third-order valence-corrected chi connectivity index (χ3v) is 12.6. The Morgan fingerprint density at radius 2 is 0.521 bits per heavy atom. The fourth-order valence-electron chi connectivity index (χ4n) is 5.57. The molecule has 0 aliphatic heterocycles. The first-order valence-electron chi connectivity index (χ1n) is 19.8. The van der Waals surface area contributed by atoms with Crippen molar-refractivity contribution in [2.24, 2.45) is 0 Å². The quantitative estimate of drug-likeness (QED) is 0.0342. The van der Waals surface area contributed by atoms with E-state index in [2.05, 4.69) is 21.6 Å². The normalized spacial score (nSPS) is 12.4. The topological polar surface area (TPSA) is 55.4 Å². The van der Waals surface area contributed by atoms with Crippen molar-refractivity contribution in [2.45, 2.75) is 169 Å². The predicted octanol–water partition coefficient (Wildman–Crippen LogP) is 12.4. The van der Waals surface area contributed by atoms with Crippen LogP contribution in [0.5, 0.6) is 0 Å². The van der Waals surface area contributed by atoms with Gasteiger partial charge in [0.25, 0.3) is 11.9 Å². The molecule has 0 fully saturated rings. The fourth-order valence-corrected chi connectivity index (χ4v) is 9.88. The van der Waals surface area contributed by atoms with Crippen LogP contribution in [0.3, 0.4) is 0 Å². The van der Waals surface area contributed by atoms with Gasteiger partial charge in [-0.15, -0.1) is 0 Å². The van der Waals surface area contributed by atoms with Gasteiger partial charge in [-0.1, -0.05) is 98.6 Å². The van der Waals surface area contributed by atoms with E-state index in [-0.39, 0.29) is 0 Å². The minimum atomic E-state index is -0.848. The summed E-state index contributed by atoms with van der Waals surface area (Å²) < 4.78 is 34.9. The van der Waals surface area contributed by atoms with Crippen LogP contribution in [0.4, 0.5) is 0 Å². The molecule has 0 bridgehead atoms. The summed E-state index contributed by atoms with van der Waals surface area (Å²) in [6.07, 6.45) is 23.7. The molecular weight excluding hydrogens is 681 g/mol. The summed E-state index contributed by atoms with van der Waals surface area (Å²) in [6, 6.07) is 0. The molecule has 0 aromatic rings. The summed E-state index contributed by atoms with van der Waals surface area (Å²) in [6.45, 7) is 15.6. The van der Waals surface area contributed by atoms with E-state index < -0.39 is 11.9 Å². The minimum absolute atomic E-state index is 0.607. The Hall–Kier alpha value is 1.16. The Morgan fingerprint density at radius 1 is 0.292 bits per heavy atom. The van der Waals surface area contributed by atoms with E-state index in [1.807, 2.05) is 65.1 Å². The summed E-state index contributed by atoms with van der Waals surface area (Å²) in [4.78, 5) is 0. The van der Waals surface area contributed by atoms with Crippen molar-refractivity contribution in [2.75, 3.05) is 74.2 Å². The molecule has 0 atom stereocenters. The van der Waals surface area contributed by atoms with Crippen molar-refractivity contribution in [1.29, 1.82) is 0 Å². The first-order valence-corrected chi connectivity index (χ1v) is 24.6. The maximum atomic E-state index is 5.82. The van der Waals surface area contributed by atoms with Gasteiger partial charge in [-0.2, -0.15) is 23.5 Å². The first kappa shape index (κ1) is 49.2. The van der Waals surface area contributed by atoms with Gasteiger partial charge in [0.1, 0.15) is 0 Å². The molecule has 0 saturated heterocycles. The molecule has 10 heteroatoms. The SMILES string of the molecule is CCOC(CCSCCCCCCCCCCSSCCCCCCCCCCSCCC(OCC)(OCC)OCC)(OCC)OCC. The standard InChI is InChI=1S/C38H78O6S4/c1-7-39-37(40-8-2,41-9-3)29-35-45-31-25-21-17-13-15-19-23-27-33-47-48-34-28-24-20-16-14-18-22-26-32-46-36-30-38(42-10-4,43-11-5)44-12-6/h7-36H2,1-6H3. The second-order valence-corrected chi connectivity index (χ2v) is 17.1. The second-order valence-electron chi connectivity index (χ2n) is 12.0. The van der Waals surface area contributed by atoms with Crippen LogP contribution in [0.2, 0.25) is 0 Å². The van der Waals surface area contributed by atoms with Crippen LogP contribution in [0.25, 0.3) is 0 Å². The largest absolute Gasteiger partial charge is 0.328 e. The van der Waals surface area contributed by atoms with E-state index in [9.17, 15) is 0 Å². The van der Waals surface area contributed by atoms with Gasteiger partial charge >= 0.3 is 0 Å². The highest BCUT2D eigenvalue weighted by atomic mass is 33.1. The van der Waals surface area contributed by atoms with E-state index in [0.29, 0.717) is 39.6 Å². The molecular formula is C38H78O6S4. The van der Waals surface area contributed by atoms with Crippen molar-refractivity contribution in [3.05, 3.63) is 0 Å². The van der Waals surface area contributed by atoms with E-state index in [1.165, 1.54) is 126 Å². The first-order chi connectivity index (χ1) is 23.6. The molecule has 0 heterocycles. The van der Waals surface area contributed by atoms with Crippen molar-refractivity contribution in [3.63, 3.8) is 0 Å². The van der Waals surface area contributed by atoms with Gasteiger partial charge in [-0.05, 0) is 78.7 Å². The van der Waals surface area contributed by atoms with Gasteiger partial charge in [0.15, 0.2) is 0 Å². The number of hydrogen-bond acceptors (Lipinski definition) is 10. The van der Waals surface area contributed by atoms with E-state index >= 15 is 0 Å². The predicted molar refractivity (Wildman–Crippen MR) is 218 cm³/mol. The van der Waals surface area contributed by atoms with Crippen LogP contribution in [-0.4, -0.2) is 86.1 Å². The summed E-state index contributed by atoms with van der Waals surface area (Å²) in [5, 5.41) is 0. The number of unbranched alkanes of at least 4 members (excludes halogenated alkanes) is 14. The highest BCUT2D eigenvalue weighted by Gasteiger charge is 2.32. The lowest BCUT2D eigenvalue weighted by Gasteiger charge is -2.32. The lowest BCUT2D eigenvalue weighted by atomic mass is 10.1. The summed E-state index contributed by atoms with van der Waals surface area (Å²) in [5.41, 5.74) is 0. The average molecular weight is 759 g/mol. The Balaban J connectivity index is 3.39.